The van der Waals surface area contributed by atoms with Crippen molar-refractivity contribution >= 4 is 33.4 Å². The van der Waals surface area contributed by atoms with E-state index in [-0.39, 0.29) is 17.8 Å². The van der Waals surface area contributed by atoms with Crippen LogP contribution in [-0.2, 0) is 17.8 Å². The molecule has 0 unspecified atom stereocenters. The van der Waals surface area contributed by atoms with Crippen molar-refractivity contribution in [3.05, 3.63) is 106 Å². The van der Waals surface area contributed by atoms with Gasteiger partial charge in [0.05, 0.1) is 38.3 Å². The largest absolute Gasteiger partial charge is 0.494 e. The van der Waals surface area contributed by atoms with Crippen molar-refractivity contribution in [3.63, 3.8) is 0 Å². The molecule has 0 bridgehead atoms. The first-order chi connectivity index (χ1) is 20.9. The van der Waals surface area contributed by atoms with Gasteiger partial charge in [-0.25, -0.2) is 0 Å². The molecule has 0 spiro atoms. The number of anilines is 1. The summed E-state index contributed by atoms with van der Waals surface area (Å²) in [6.07, 6.45) is 1.00. The first kappa shape index (κ1) is 29.7. The molecule has 1 amide bonds. The molecule has 43 heavy (non-hydrogen) atoms. The van der Waals surface area contributed by atoms with Crippen LogP contribution in [0.3, 0.4) is 0 Å². The standard InChI is InChI=1S/C35H37N3O5/c1-23-8-5-10-28-33(23)37-34-25(9-6-11-29(34)35(28)40)21-32(39)36-26-13-15-27(16-14-26)43-19-7-18-38(2)22-24-12-17-30(41-3)31(20-24)42-4/h5-6,8-17,20H,7,18-19,21-22H2,1-4H3,(H,36,39)(H,37,40). The third-order valence-electron chi connectivity index (χ3n) is 7.51. The van der Waals surface area contributed by atoms with E-state index in [9.17, 15) is 9.59 Å². The number of carbonyl (C=O) groups excluding carboxylic acids is 1. The molecule has 0 radical (unpaired) electrons. The van der Waals surface area contributed by atoms with Crippen LogP contribution >= 0.6 is 0 Å². The number of ether oxygens (including phenoxy) is 3. The van der Waals surface area contributed by atoms with Crippen molar-refractivity contribution in [2.75, 3.05) is 39.7 Å². The van der Waals surface area contributed by atoms with Crippen molar-refractivity contribution < 1.29 is 19.0 Å². The van der Waals surface area contributed by atoms with E-state index in [2.05, 4.69) is 22.2 Å². The molecule has 0 aliphatic carbocycles. The first-order valence-corrected chi connectivity index (χ1v) is 14.3. The molecule has 2 N–H and O–H groups in total. The van der Waals surface area contributed by atoms with Gasteiger partial charge in [0, 0.05) is 29.5 Å². The number of hydrogen-bond donors (Lipinski definition) is 2. The number of amides is 1. The normalized spacial score (nSPS) is 11.2. The van der Waals surface area contributed by atoms with Crippen LogP contribution in [0, 0.1) is 6.92 Å². The van der Waals surface area contributed by atoms with Crippen LogP contribution in [0.15, 0.2) is 83.7 Å². The van der Waals surface area contributed by atoms with Gasteiger partial charge in [-0.1, -0.05) is 30.3 Å². The number of nitrogens with one attached hydrogen (secondary N) is 2. The number of fused-ring (bicyclic) bond motifs is 2. The van der Waals surface area contributed by atoms with Crippen LogP contribution in [0.1, 0.15) is 23.1 Å². The first-order valence-electron chi connectivity index (χ1n) is 14.3. The van der Waals surface area contributed by atoms with Crippen LogP contribution in [0.4, 0.5) is 5.69 Å². The van der Waals surface area contributed by atoms with E-state index in [1.165, 1.54) is 0 Å². The van der Waals surface area contributed by atoms with E-state index in [1.54, 1.807) is 20.3 Å². The van der Waals surface area contributed by atoms with Gasteiger partial charge in [0.15, 0.2) is 16.9 Å². The van der Waals surface area contributed by atoms with Gasteiger partial charge in [-0.3, -0.25) is 9.59 Å². The highest BCUT2D eigenvalue weighted by atomic mass is 16.5. The zero-order chi connectivity index (χ0) is 30.3. The Morgan fingerprint density at radius 3 is 2.35 bits per heavy atom. The van der Waals surface area contributed by atoms with Crippen molar-refractivity contribution in [2.45, 2.75) is 26.3 Å². The van der Waals surface area contributed by atoms with E-state index < -0.39 is 0 Å². The molecule has 8 nitrogen and oxygen atoms in total. The maximum absolute atomic E-state index is 13.1. The number of hydrogen-bond acceptors (Lipinski definition) is 6. The van der Waals surface area contributed by atoms with Gasteiger partial charge in [-0.2, -0.15) is 0 Å². The average Bonchev–Trinajstić information content (AvgIpc) is 3.01. The van der Waals surface area contributed by atoms with Gasteiger partial charge < -0.3 is 29.4 Å². The Kier molecular flexibility index (Phi) is 9.27. The number of rotatable bonds is 12. The van der Waals surface area contributed by atoms with Crippen molar-refractivity contribution in [1.82, 2.24) is 9.88 Å². The van der Waals surface area contributed by atoms with E-state index in [4.69, 9.17) is 14.2 Å². The summed E-state index contributed by atoms with van der Waals surface area (Å²) in [6, 6.07) is 24.5. The number of aromatic amines is 1. The topological polar surface area (TPSA) is 92.9 Å². The molecule has 5 rings (SSSR count). The zero-order valence-electron chi connectivity index (χ0n) is 25.0. The summed E-state index contributed by atoms with van der Waals surface area (Å²) in [7, 11) is 5.35. The van der Waals surface area contributed by atoms with Crippen LogP contribution in [-0.4, -0.2) is 50.2 Å². The summed E-state index contributed by atoms with van der Waals surface area (Å²) < 4.78 is 16.6. The second-order valence-electron chi connectivity index (χ2n) is 10.7. The van der Waals surface area contributed by atoms with Crippen molar-refractivity contribution in [1.29, 1.82) is 0 Å². The van der Waals surface area contributed by atoms with Gasteiger partial charge in [-0.05, 0) is 85.6 Å². The average molecular weight is 580 g/mol. The summed E-state index contributed by atoms with van der Waals surface area (Å²) in [6.45, 7) is 4.21. The third kappa shape index (κ3) is 6.98. The van der Waals surface area contributed by atoms with Crippen molar-refractivity contribution in [2.24, 2.45) is 0 Å². The highest BCUT2D eigenvalue weighted by Crippen LogP contribution is 2.28. The number of H-pyrrole nitrogens is 1. The predicted molar refractivity (Wildman–Crippen MR) is 172 cm³/mol. The summed E-state index contributed by atoms with van der Waals surface area (Å²) in [4.78, 5) is 31.7. The summed E-state index contributed by atoms with van der Waals surface area (Å²) in [5.41, 5.74) is 5.05. The van der Waals surface area contributed by atoms with Gasteiger partial charge in [0.25, 0.3) is 0 Å². The molecule has 5 aromatic rings. The number of aryl methyl sites for hydroxylation is 1. The second-order valence-corrected chi connectivity index (χ2v) is 10.7. The van der Waals surface area contributed by atoms with Gasteiger partial charge in [-0.15, -0.1) is 0 Å². The molecular formula is C35H37N3O5. The maximum atomic E-state index is 13.1. The monoisotopic (exact) mass is 579 g/mol. The number of nitrogens with zero attached hydrogens (tertiary/aromatic N) is 1. The fraction of sp³-hybridized carbons (Fsp3) is 0.257. The Morgan fingerprint density at radius 1 is 0.884 bits per heavy atom. The minimum Gasteiger partial charge on any atom is -0.494 e. The summed E-state index contributed by atoms with van der Waals surface area (Å²) >= 11 is 0. The van der Waals surface area contributed by atoms with Crippen LogP contribution in [0.25, 0.3) is 21.8 Å². The van der Waals surface area contributed by atoms with E-state index in [0.717, 1.165) is 59.0 Å². The molecule has 4 aromatic carbocycles. The number of carbonyl (C=O) groups is 1. The molecule has 0 saturated heterocycles. The lowest BCUT2D eigenvalue weighted by molar-refractivity contribution is -0.115. The minimum atomic E-state index is -0.163. The minimum absolute atomic E-state index is 0.0325. The van der Waals surface area contributed by atoms with E-state index >= 15 is 0 Å². The lowest BCUT2D eigenvalue weighted by Crippen LogP contribution is -2.20. The quantitative estimate of drug-likeness (QED) is 0.137. The molecule has 0 aliphatic heterocycles. The fourth-order valence-corrected chi connectivity index (χ4v) is 5.28. The number of benzene rings is 4. The fourth-order valence-electron chi connectivity index (χ4n) is 5.28. The number of methoxy groups -OCH3 is 2. The molecule has 0 atom stereocenters. The van der Waals surface area contributed by atoms with Crippen LogP contribution in [0.2, 0.25) is 0 Å². The smallest absolute Gasteiger partial charge is 0.228 e. The van der Waals surface area contributed by atoms with Crippen molar-refractivity contribution in [3.8, 4) is 17.2 Å². The molecule has 222 valence electrons. The maximum Gasteiger partial charge on any atom is 0.228 e. The van der Waals surface area contributed by atoms with Crippen LogP contribution in [0.5, 0.6) is 17.2 Å². The van der Waals surface area contributed by atoms with Gasteiger partial charge in [0.1, 0.15) is 5.75 Å². The highest BCUT2D eigenvalue weighted by molar-refractivity contribution is 5.98. The number of pyridine rings is 1. The summed E-state index contributed by atoms with van der Waals surface area (Å²) in [5.74, 6) is 2.03. The third-order valence-corrected chi connectivity index (χ3v) is 7.51. The van der Waals surface area contributed by atoms with Gasteiger partial charge in [0.2, 0.25) is 5.91 Å². The molecule has 1 heterocycles. The lowest BCUT2D eigenvalue weighted by Gasteiger charge is -2.18. The SMILES string of the molecule is COc1ccc(CN(C)CCCOc2ccc(NC(=O)Cc3cccc4c(=O)c5cccc(C)c5[nH]c34)cc2)cc1OC. The lowest BCUT2D eigenvalue weighted by atomic mass is 10.0. The number of aromatic nitrogens is 1. The predicted octanol–water partition coefficient (Wildman–Crippen LogP) is 6.09. The van der Waals surface area contributed by atoms with Gasteiger partial charge >= 0.3 is 0 Å². The highest BCUT2D eigenvalue weighted by Gasteiger charge is 2.13. The zero-order valence-corrected chi connectivity index (χ0v) is 25.0. The molecular weight excluding hydrogens is 542 g/mol. The number of para-hydroxylation sites is 2. The molecule has 1 aromatic heterocycles. The Morgan fingerprint density at radius 2 is 1.60 bits per heavy atom. The Balaban J connectivity index is 1.12. The Labute approximate surface area is 251 Å². The Hall–Kier alpha value is -4.82. The summed E-state index contributed by atoms with van der Waals surface area (Å²) in [5, 5.41) is 4.19. The van der Waals surface area contributed by atoms with Crippen LogP contribution < -0.4 is 25.0 Å². The molecule has 8 heteroatoms. The molecule has 0 fully saturated rings. The molecule has 0 saturated carbocycles. The van der Waals surface area contributed by atoms with E-state index in [0.29, 0.717) is 28.6 Å². The Bertz CT molecular complexity index is 1800. The molecule has 0 aliphatic rings. The van der Waals surface area contributed by atoms with E-state index in [1.807, 2.05) is 79.7 Å². The second kappa shape index (κ2) is 13.4.